The first-order valence-electron chi connectivity index (χ1n) is 10.9. The molecule has 2 aliphatic rings. The first-order chi connectivity index (χ1) is 15.8. The molecule has 3 heterocycles. The SMILES string of the molecule is CN(C)C1CN(c2nc(N3CCNCC3)c3cc(Cl)c(-c4c(O)cccc4F)c(F)c3n2)C1. The summed E-state index contributed by atoms with van der Waals surface area (Å²) in [6.07, 6.45) is 0. The molecule has 5 rings (SSSR count). The number of piperazine rings is 1. The van der Waals surface area contributed by atoms with Crippen molar-refractivity contribution in [3.63, 3.8) is 0 Å². The number of rotatable bonds is 4. The van der Waals surface area contributed by atoms with Crippen LogP contribution in [0.25, 0.3) is 22.0 Å². The average Bonchev–Trinajstić information content (AvgIpc) is 2.75. The number of phenolic OH excluding ortho intramolecular Hbond substituents is 1. The molecule has 2 N–H and O–H groups in total. The van der Waals surface area contributed by atoms with E-state index in [4.69, 9.17) is 16.6 Å². The molecule has 10 heteroatoms. The Labute approximate surface area is 195 Å². The van der Waals surface area contributed by atoms with Crippen LogP contribution in [0.15, 0.2) is 24.3 Å². The minimum absolute atomic E-state index is 0.00948. The molecule has 2 saturated heterocycles. The van der Waals surface area contributed by atoms with Gasteiger partial charge in [-0.05, 0) is 32.3 Å². The van der Waals surface area contributed by atoms with Gasteiger partial charge in [0, 0.05) is 56.3 Å². The zero-order chi connectivity index (χ0) is 23.3. The molecule has 0 aliphatic carbocycles. The molecule has 0 bridgehead atoms. The number of aromatic nitrogens is 2. The Morgan fingerprint density at radius 3 is 2.48 bits per heavy atom. The van der Waals surface area contributed by atoms with Gasteiger partial charge in [0.15, 0.2) is 5.82 Å². The van der Waals surface area contributed by atoms with Crippen molar-refractivity contribution in [3.8, 4) is 16.9 Å². The van der Waals surface area contributed by atoms with Gasteiger partial charge < -0.3 is 25.1 Å². The lowest BCUT2D eigenvalue weighted by molar-refractivity contribution is 0.245. The van der Waals surface area contributed by atoms with Gasteiger partial charge in [-0.3, -0.25) is 0 Å². The molecule has 0 unspecified atom stereocenters. The lowest BCUT2D eigenvalue weighted by Crippen LogP contribution is -2.58. The highest BCUT2D eigenvalue weighted by Gasteiger charge is 2.32. The average molecular weight is 475 g/mol. The number of benzene rings is 2. The van der Waals surface area contributed by atoms with Gasteiger partial charge in [0.05, 0.1) is 10.6 Å². The van der Waals surface area contributed by atoms with Crippen LogP contribution < -0.4 is 15.1 Å². The molecular formula is C23H25ClF2N6O. The molecule has 174 valence electrons. The smallest absolute Gasteiger partial charge is 0.228 e. The van der Waals surface area contributed by atoms with Crippen LogP contribution in [0.3, 0.4) is 0 Å². The van der Waals surface area contributed by atoms with Gasteiger partial charge in [0.2, 0.25) is 5.95 Å². The minimum atomic E-state index is -0.775. The van der Waals surface area contributed by atoms with E-state index in [0.29, 0.717) is 36.3 Å². The van der Waals surface area contributed by atoms with Gasteiger partial charge >= 0.3 is 0 Å². The second-order valence-electron chi connectivity index (χ2n) is 8.68. The second kappa shape index (κ2) is 8.55. The van der Waals surface area contributed by atoms with E-state index in [-0.39, 0.29) is 27.4 Å². The maximum absolute atomic E-state index is 16.0. The van der Waals surface area contributed by atoms with Crippen LogP contribution in [0, 0.1) is 11.6 Å². The van der Waals surface area contributed by atoms with Crippen LogP contribution in [0.5, 0.6) is 5.75 Å². The van der Waals surface area contributed by atoms with E-state index in [2.05, 4.69) is 20.1 Å². The van der Waals surface area contributed by atoms with Crippen LogP contribution in [-0.4, -0.2) is 79.4 Å². The zero-order valence-electron chi connectivity index (χ0n) is 18.4. The lowest BCUT2D eigenvalue weighted by atomic mass is 10.0. The first-order valence-corrected chi connectivity index (χ1v) is 11.3. The molecule has 0 saturated carbocycles. The summed E-state index contributed by atoms with van der Waals surface area (Å²) in [6.45, 7) is 4.45. The molecule has 0 amide bonds. The summed E-state index contributed by atoms with van der Waals surface area (Å²) in [5, 5.41) is 14.0. The van der Waals surface area contributed by atoms with E-state index in [1.165, 1.54) is 12.1 Å². The van der Waals surface area contributed by atoms with Crippen molar-refractivity contribution in [1.82, 2.24) is 20.2 Å². The van der Waals surface area contributed by atoms with Gasteiger partial charge in [-0.2, -0.15) is 4.98 Å². The highest BCUT2D eigenvalue weighted by atomic mass is 35.5. The summed E-state index contributed by atoms with van der Waals surface area (Å²) in [7, 11) is 4.04. The minimum Gasteiger partial charge on any atom is -0.507 e. The van der Waals surface area contributed by atoms with Gasteiger partial charge in [0.1, 0.15) is 22.9 Å². The number of hydrogen-bond acceptors (Lipinski definition) is 7. The van der Waals surface area contributed by atoms with E-state index >= 15 is 4.39 Å². The van der Waals surface area contributed by atoms with E-state index in [1.807, 2.05) is 19.0 Å². The third-order valence-electron chi connectivity index (χ3n) is 6.38. The molecule has 0 radical (unpaired) electrons. The van der Waals surface area contributed by atoms with Crippen molar-refractivity contribution in [2.75, 3.05) is 63.2 Å². The monoisotopic (exact) mass is 474 g/mol. The molecule has 0 atom stereocenters. The molecule has 1 aromatic heterocycles. The van der Waals surface area contributed by atoms with E-state index in [1.54, 1.807) is 6.07 Å². The van der Waals surface area contributed by atoms with Crippen molar-refractivity contribution in [1.29, 1.82) is 0 Å². The number of nitrogens with zero attached hydrogens (tertiary/aromatic N) is 5. The van der Waals surface area contributed by atoms with Crippen molar-refractivity contribution < 1.29 is 13.9 Å². The predicted octanol–water partition coefficient (Wildman–Crippen LogP) is 3.09. The Morgan fingerprint density at radius 1 is 1.09 bits per heavy atom. The number of aromatic hydroxyl groups is 1. The Bertz CT molecular complexity index is 1190. The summed E-state index contributed by atoms with van der Waals surface area (Å²) >= 11 is 6.47. The fourth-order valence-electron chi connectivity index (χ4n) is 4.36. The molecule has 0 spiro atoms. The first kappa shape index (κ1) is 22.1. The van der Waals surface area contributed by atoms with Crippen molar-refractivity contribution in [2.24, 2.45) is 0 Å². The zero-order valence-corrected chi connectivity index (χ0v) is 19.2. The maximum atomic E-state index is 16.0. The van der Waals surface area contributed by atoms with Gasteiger partial charge in [0.25, 0.3) is 0 Å². The Hall–Kier alpha value is -2.75. The summed E-state index contributed by atoms with van der Waals surface area (Å²) in [5.41, 5.74) is -0.420. The Balaban J connectivity index is 1.70. The topological polar surface area (TPSA) is 67.8 Å². The molecule has 3 aromatic rings. The number of hydrogen-bond donors (Lipinski definition) is 2. The Morgan fingerprint density at radius 2 is 1.82 bits per heavy atom. The molecular weight excluding hydrogens is 450 g/mol. The third-order valence-corrected chi connectivity index (χ3v) is 6.68. The molecule has 2 aromatic carbocycles. The highest BCUT2D eigenvalue weighted by Crippen LogP contribution is 2.42. The van der Waals surface area contributed by atoms with Crippen molar-refractivity contribution in [3.05, 3.63) is 40.9 Å². The number of fused-ring (bicyclic) bond motifs is 1. The fourth-order valence-corrected chi connectivity index (χ4v) is 4.65. The summed E-state index contributed by atoms with van der Waals surface area (Å²) < 4.78 is 30.6. The standard InChI is InChI=1S/C23H25ClF2N6O/c1-30(2)13-11-32(12-13)23-28-21-14(22(29-23)31-8-6-27-7-9-31)10-15(24)18(20(21)26)19-16(25)4-3-5-17(19)33/h3-5,10,13,27,33H,6-9,11-12H2,1-2H3. The van der Waals surface area contributed by atoms with Crippen LogP contribution in [-0.2, 0) is 0 Å². The molecule has 2 aliphatic heterocycles. The number of nitrogens with one attached hydrogen (secondary N) is 1. The van der Waals surface area contributed by atoms with E-state index in [9.17, 15) is 9.50 Å². The summed E-state index contributed by atoms with van der Waals surface area (Å²) in [5.74, 6) is -0.886. The predicted molar refractivity (Wildman–Crippen MR) is 126 cm³/mol. The second-order valence-corrected chi connectivity index (χ2v) is 9.09. The summed E-state index contributed by atoms with van der Waals surface area (Å²) in [4.78, 5) is 15.6. The van der Waals surface area contributed by atoms with E-state index < -0.39 is 11.6 Å². The van der Waals surface area contributed by atoms with Crippen molar-refractivity contribution in [2.45, 2.75) is 6.04 Å². The van der Waals surface area contributed by atoms with Crippen LogP contribution in [0.2, 0.25) is 5.02 Å². The normalized spacial score (nSPS) is 17.2. The van der Waals surface area contributed by atoms with Crippen LogP contribution >= 0.6 is 11.6 Å². The third kappa shape index (κ3) is 3.84. The quantitative estimate of drug-likeness (QED) is 0.602. The maximum Gasteiger partial charge on any atom is 0.228 e. The molecule has 33 heavy (non-hydrogen) atoms. The van der Waals surface area contributed by atoms with Gasteiger partial charge in [-0.25, -0.2) is 13.8 Å². The number of anilines is 2. The van der Waals surface area contributed by atoms with Crippen LogP contribution in [0.4, 0.5) is 20.5 Å². The number of likely N-dealkylation sites (N-methyl/N-ethyl adjacent to an activating group) is 1. The fraction of sp³-hybridized carbons (Fsp3) is 0.391. The highest BCUT2D eigenvalue weighted by molar-refractivity contribution is 6.34. The van der Waals surface area contributed by atoms with Crippen molar-refractivity contribution >= 4 is 34.3 Å². The van der Waals surface area contributed by atoms with E-state index in [0.717, 1.165) is 32.2 Å². The lowest BCUT2D eigenvalue weighted by Gasteiger charge is -2.43. The van der Waals surface area contributed by atoms with Crippen LogP contribution in [0.1, 0.15) is 0 Å². The molecule has 2 fully saturated rings. The van der Waals surface area contributed by atoms with Gasteiger partial charge in [-0.15, -0.1) is 0 Å². The summed E-state index contributed by atoms with van der Waals surface area (Å²) in [6, 6.07) is 5.76. The Kier molecular flexibility index (Phi) is 5.72. The molecule has 7 nitrogen and oxygen atoms in total. The van der Waals surface area contributed by atoms with Gasteiger partial charge in [-0.1, -0.05) is 17.7 Å². The number of halogens is 3. The number of phenols is 1. The largest absolute Gasteiger partial charge is 0.507 e.